The highest BCUT2D eigenvalue weighted by molar-refractivity contribution is 6.61. The molecule has 31 heavy (non-hydrogen) atoms. The second-order valence-corrected chi connectivity index (χ2v) is 12.4. The van der Waals surface area contributed by atoms with Gasteiger partial charge in [0.05, 0.1) is 0 Å². The molecule has 0 saturated carbocycles. The van der Waals surface area contributed by atoms with Crippen molar-refractivity contribution in [2.45, 2.75) is 45.7 Å². The summed E-state index contributed by atoms with van der Waals surface area (Å²) >= 11 is 0. The molecule has 0 spiro atoms. The van der Waals surface area contributed by atoms with Gasteiger partial charge in [0.2, 0.25) is 0 Å². The van der Waals surface area contributed by atoms with Crippen LogP contribution in [-0.4, -0.2) is 98.0 Å². The molecule has 0 aromatic heterocycles. The van der Waals surface area contributed by atoms with Crippen LogP contribution in [-0.2, 0) is 26.6 Å². The van der Waals surface area contributed by atoms with Crippen molar-refractivity contribution in [1.29, 1.82) is 0 Å². The first-order valence-corrected chi connectivity index (χ1v) is 15.2. The van der Waals surface area contributed by atoms with E-state index >= 15 is 0 Å². The Morgan fingerprint density at radius 1 is 0.581 bits per heavy atom. The van der Waals surface area contributed by atoms with Crippen molar-refractivity contribution < 1.29 is 26.6 Å². The van der Waals surface area contributed by atoms with Crippen molar-refractivity contribution in [1.82, 2.24) is 10.6 Å². The molecule has 0 aliphatic heterocycles. The van der Waals surface area contributed by atoms with Crippen LogP contribution in [0.5, 0.6) is 0 Å². The molecule has 0 bridgehead atoms. The highest BCUT2D eigenvalue weighted by Gasteiger charge is 2.39. The van der Waals surface area contributed by atoms with E-state index in [1.54, 1.807) is 21.3 Å². The van der Waals surface area contributed by atoms with Gasteiger partial charge in [-0.2, -0.15) is 0 Å². The maximum absolute atomic E-state index is 5.76. The molecule has 0 heterocycles. The summed E-state index contributed by atoms with van der Waals surface area (Å²) in [4.78, 5) is 0. The van der Waals surface area contributed by atoms with Crippen LogP contribution >= 0.6 is 0 Å². The fourth-order valence-electron chi connectivity index (χ4n) is 2.87. The lowest BCUT2D eigenvalue weighted by molar-refractivity contribution is 0.0708. The monoisotopic (exact) mass is 486 g/mol. The maximum Gasteiger partial charge on any atom is 0.500 e. The molecule has 12 heteroatoms. The van der Waals surface area contributed by atoms with Gasteiger partial charge in [-0.25, -0.2) is 0 Å². The molecule has 190 valence electrons. The summed E-state index contributed by atoms with van der Waals surface area (Å²) in [7, 11) is 0.119. The smallest absolute Gasteiger partial charge is 0.377 e. The highest BCUT2D eigenvalue weighted by Crippen LogP contribution is 2.17. The van der Waals surface area contributed by atoms with Gasteiger partial charge in [-0.05, 0) is 46.7 Å². The first kappa shape index (κ1) is 33.2. The van der Waals surface area contributed by atoms with Crippen molar-refractivity contribution in [3.8, 4) is 0 Å². The molecule has 0 radical (unpaired) electrons. The molecule has 0 saturated heterocycles. The van der Waals surface area contributed by atoms with Gasteiger partial charge < -0.3 is 48.7 Å². The fraction of sp³-hybridized carbons (Fsp3) is 1.00. The Balaban J connectivity index is 0. The van der Waals surface area contributed by atoms with Crippen molar-refractivity contribution in [3.63, 3.8) is 0 Å². The average Bonchev–Trinajstić information content (AvgIpc) is 2.78. The molecule has 0 aliphatic rings. The van der Waals surface area contributed by atoms with Gasteiger partial charge >= 0.3 is 17.6 Å². The molecule has 0 fully saturated rings. The van der Waals surface area contributed by atoms with E-state index < -0.39 is 17.6 Å². The minimum absolute atomic E-state index is 0.641. The highest BCUT2D eigenvalue weighted by atomic mass is 28.4. The van der Waals surface area contributed by atoms with Crippen LogP contribution < -0.4 is 22.1 Å². The minimum Gasteiger partial charge on any atom is -0.377 e. The van der Waals surface area contributed by atoms with E-state index in [1.807, 2.05) is 20.8 Å². The standard InChI is InChI=1S/C11H28N2O3Si.C8H22N2O3Si/c1-4-14-17(15-5-2,16-6-3)11-7-9-13-10-8-12;1-11-14(12-2,13-3)8-4-6-10-7-5-9/h13H,4-12H2,1-3H3;10H,4-9H2,1-3H3. The quantitative estimate of drug-likeness (QED) is 0.136. The molecule has 0 aromatic carbocycles. The van der Waals surface area contributed by atoms with E-state index in [4.69, 9.17) is 38.0 Å². The van der Waals surface area contributed by atoms with E-state index in [-0.39, 0.29) is 0 Å². The third kappa shape index (κ3) is 17.2. The summed E-state index contributed by atoms with van der Waals surface area (Å²) < 4.78 is 33.1. The van der Waals surface area contributed by atoms with Crippen LogP contribution in [0.3, 0.4) is 0 Å². The third-order valence-corrected chi connectivity index (χ3v) is 10.3. The number of nitrogens with two attached hydrogens (primary N) is 2. The summed E-state index contributed by atoms with van der Waals surface area (Å²) in [6.07, 6.45) is 1.97. The minimum atomic E-state index is -2.43. The van der Waals surface area contributed by atoms with E-state index in [0.29, 0.717) is 32.9 Å². The van der Waals surface area contributed by atoms with E-state index in [9.17, 15) is 0 Å². The second kappa shape index (κ2) is 23.2. The predicted octanol–water partition coefficient (Wildman–Crippen LogP) is 0.776. The van der Waals surface area contributed by atoms with Gasteiger partial charge in [-0.15, -0.1) is 0 Å². The largest absolute Gasteiger partial charge is 0.500 e. The maximum atomic E-state index is 5.76. The molecular formula is C19H50N4O6Si2. The average molecular weight is 487 g/mol. The van der Waals surface area contributed by atoms with E-state index in [2.05, 4.69) is 10.6 Å². The topological polar surface area (TPSA) is 131 Å². The zero-order valence-corrected chi connectivity index (χ0v) is 22.8. The normalized spacial score (nSPS) is 12.0. The van der Waals surface area contributed by atoms with Crippen LogP contribution in [0.4, 0.5) is 0 Å². The number of rotatable bonds is 21. The van der Waals surface area contributed by atoms with Crippen molar-refractivity contribution in [2.24, 2.45) is 11.5 Å². The van der Waals surface area contributed by atoms with Gasteiger partial charge in [0, 0.05) is 79.4 Å². The van der Waals surface area contributed by atoms with Crippen molar-refractivity contribution in [2.75, 3.05) is 80.4 Å². The Labute approximate surface area is 192 Å². The summed E-state index contributed by atoms with van der Waals surface area (Å²) in [6.45, 7) is 12.8. The molecule has 0 unspecified atom stereocenters. The molecular weight excluding hydrogens is 436 g/mol. The Morgan fingerprint density at radius 3 is 1.23 bits per heavy atom. The predicted molar refractivity (Wildman–Crippen MR) is 130 cm³/mol. The van der Waals surface area contributed by atoms with Gasteiger partial charge in [-0.1, -0.05) is 0 Å². The van der Waals surface area contributed by atoms with E-state index in [1.165, 1.54) is 0 Å². The SMILES string of the molecule is CCO[Si](CCCNCCN)(OCC)OCC.CO[Si](CCCNCCN)(OC)OC. The van der Waals surface area contributed by atoms with Gasteiger partial charge in [0.1, 0.15) is 0 Å². The van der Waals surface area contributed by atoms with Gasteiger partial charge in [0.25, 0.3) is 0 Å². The van der Waals surface area contributed by atoms with Crippen LogP contribution in [0.2, 0.25) is 12.1 Å². The second-order valence-electron chi connectivity index (χ2n) is 6.56. The first-order valence-electron chi connectivity index (χ1n) is 11.4. The summed E-state index contributed by atoms with van der Waals surface area (Å²) in [5.41, 5.74) is 10.8. The molecule has 6 N–H and O–H groups in total. The summed E-state index contributed by atoms with van der Waals surface area (Å²) in [6, 6.07) is 1.69. The lowest BCUT2D eigenvalue weighted by Crippen LogP contribution is -2.46. The molecule has 0 atom stereocenters. The molecule has 10 nitrogen and oxygen atoms in total. The van der Waals surface area contributed by atoms with Crippen LogP contribution in [0.1, 0.15) is 33.6 Å². The van der Waals surface area contributed by atoms with Crippen molar-refractivity contribution >= 4 is 17.6 Å². The molecule has 0 rings (SSSR count). The van der Waals surface area contributed by atoms with Crippen LogP contribution in [0.15, 0.2) is 0 Å². The fourth-order valence-corrected chi connectivity index (χ4v) is 7.21. The Bertz CT molecular complexity index is 347. The van der Waals surface area contributed by atoms with E-state index in [0.717, 1.165) is 51.1 Å². The number of hydrogen-bond donors (Lipinski definition) is 4. The summed E-state index contributed by atoms with van der Waals surface area (Å²) in [5, 5.41) is 6.47. The Kier molecular flexibility index (Phi) is 24.9. The molecule has 0 amide bonds. The molecule has 0 aromatic rings. The van der Waals surface area contributed by atoms with Crippen LogP contribution in [0, 0.1) is 0 Å². The van der Waals surface area contributed by atoms with Crippen molar-refractivity contribution in [3.05, 3.63) is 0 Å². The van der Waals surface area contributed by atoms with Gasteiger partial charge in [0.15, 0.2) is 0 Å². The third-order valence-electron chi connectivity index (χ3n) is 4.34. The number of hydrogen-bond acceptors (Lipinski definition) is 10. The Morgan fingerprint density at radius 2 is 0.935 bits per heavy atom. The lowest BCUT2D eigenvalue weighted by atomic mass is 10.5. The van der Waals surface area contributed by atoms with Gasteiger partial charge in [-0.3, -0.25) is 0 Å². The number of nitrogens with one attached hydrogen (secondary N) is 2. The zero-order chi connectivity index (χ0) is 23.8. The van der Waals surface area contributed by atoms with Crippen LogP contribution in [0.25, 0.3) is 0 Å². The lowest BCUT2D eigenvalue weighted by Gasteiger charge is -2.28. The first-order chi connectivity index (χ1) is 15.0. The Hall–Kier alpha value is 0.0338. The summed E-state index contributed by atoms with van der Waals surface area (Å²) in [5.74, 6) is 0. The molecule has 0 aliphatic carbocycles. The zero-order valence-electron chi connectivity index (χ0n) is 20.8.